The monoisotopic (exact) mass is 439 g/mol. The number of benzene rings is 3. The third kappa shape index (κ3) is 2.64. The van der Waals surface area contributed by atoms with Crippen molar-refractivity contribution in [1.82, 2.24) is 4.98 Å². The third-order valence-electron chi connectivity index (χ3n) is 6.04. The van der Waals surface area contributed by atoms with Gasteiger partial charge in [0.05, 0.1) is 21.3 Å². The van der Waals surface area contributed by atoms with Gasteiger partial charge in [0.25, 0.3) is 17.7 Å². The van der Waals surface area contributed by atoms with Gasteiger partial charge in [0.1, 0.15) is 0 Å². The van der Waals surface area contributed by atoms with E-state index in [1.54, 1.807) is 42.5 Å². The maximum absolute atomic E-state index is 13.4. The normalized spacial score (nSPS) is 17.2. The Balaban J connectivity index is 1.36. The number of hydrogen-bond donors (Lipinski definition) is 0. The Morgan fingerprint density at radius 2 is 1.66 bits per heavy atom. The molecule has 0 saturated carbocycles. The average molecular weight is 439 g/mol. The van der Waals surface area contributed by atoms with Crippen molar-refractivity contribution in [2.75, 3.05) is 9.80 Å². The van der Waals surface area contributed by atoms with Gasteiger partial charge >= 0.3 is 0 Å². The Morgan fingerprint density at radius 3 is 2.41 bits per heavy atom. The molecule has 7 heteroatoms. The molecule has 3 heterocycles. The highest BCUT2D eigenvalue weighted by atomic mass is 32.1. The number of para-hydroxylation sites is 1. The number of fused-ring (bicyclic) bond motifs is 3. The summed E-state index contributed by atoms with van der Waals surface area (Å²) in [5.74, 6) is -0.813. The molecule has 0 saturated heterocycles. The van der Waals surface area contributed by atoms with Crippen molar-refractivity contribution in [3.8, 4) is 0 Å². The number of aromatic nitrogens is 1. The highest BCUT2D eigenvalue weighted by Gasteiger charge is 2.38. The first-order valence-electron chi connectivity index (χ1n) is 10.3. The number of nitrogens with zero attached hydrogens (tertiary/aromatic N) is 3. The lowest BCUT2D eigenvalue weighted by atomic mass is 10.1. The number of rotatable bonds is 2. The molecule has 2 aliphatic rings. The van der Waals surface area contributed by atoms with Crippen LogP contribution in [-0.4, -0.2) is 28.7 Å². The summed E-state index contributed by atoms with van der Waals surface area (Å²) in [7, 11) is 0. The minimum atomic E-state index is -0.372. The smallest absolute Gasteiger partial charge is 0.268 e. The van der Waals surface area contributed by atoms with Gasteiger partial charge in [0.15, 0.2) is 0 Å². The zero-order valence-corrected chi connectivity index (χ0v) is 17.9. The molecule has 0 fully saturated rings. The fraction of sp³-hybridized carbons (Fsp3) is 0.120. The van der Waals surface area contributed by atoms with Crippen LogP contribution in [0.15, 0.2) is 66.7 Å². The zero-order chi connectivity index (χ0) is 22.0. The number of carbonyl (C=O) groups excluding carboxylic acids is 3. The molecule has 0 unspecified atom stereocenters. The summed E-state index contributed by atoms with van der Waals surface area (Å²) in [4.78, 5) is 46.4. The third-order valence-corrected chi connectivity index (χ3v) is 7.04. The van der Waals surface area contributed by atoms with Crippen molar-refractivity contribution in [1.29, 1.82) is 0 Å². The zero-order valence-electron chi connectivity index (χ0n) is 17.1. The van der Waals surface area contributed by atoms with Crippen LogP contribution < -0.4 is 9.80 Å². The molecule has 2 aliphatic heterocycles. The molecule has 0 spiro atoms. The molecule has 0 radical (unpaired) electrons. The summed E-state index contributed by atoms with van der Waals surface area (Å²) in [5.41, 5.74) is 4.08. The second-order valence-corrected chi connectivity index (χ2v) is 9.04. The Hall–Kier alpha value is -3.84. The number of amides is 3. The minimum absolute atomic E-state index is 0.0694. The number of hydrogen-bond acceptors (Lipinski definition) is 5. The molecule has 1 atom stereocenters. The van der Waals surface area contributed by atoms with Crippen molar-refractivity contribution in [2.24, 2.45) is 0 Å². The first-order chi connectivity index (χ1) is 15.5. The van der Waals surface area contributed by atoms with E-state index in [4.69, 9.17) is 0 Å². The molecular weight excluding hydrogens is 422 g/mol. The van der Waals surface area contributed by atoms with E-state index in [2.05, 4.69) is 11.1 Å². The lowest BCUT2D eigenvalue weighted by Gasteiger charge is -2.22. The van der Waals surface area contributed by atoms with Gasteiger partial charge in [-0.1, -0.05) is 41.7 Å². The van der Waals surface area contributed by atoms with E-state index in [1.807, 2.05) is 30.0 Å². The van der Waals surface area contributed by atoms with Gasteiger partial charge in [-0.2, -0.15) is 0 Å². The molecule has 1 aromatic heterocycles. The van der Waals surface area contributed by atoms with Crippen LogP contribution in [0.3, 0.4) is 0 Å². The van der Waals surface area contributed by atoms with Gasteiger partial charge in [-0.25, -0.2) is 9.88 Å². The highest BCUT2D eigenvalue weighted by molar-refractivity contribution is 7.22. The van der Waals surface area contributed by atoms with Gasteiger partial charge in [-0.3, -0.25) is 14.4 Å². The molecule has 0 aliphatic carbocycles. The lowest BCUT2D eigenvalue weighted by molar-refractivity contribution is 0.0924. The second-order valence-electron chi connectivity index (χ2n) is 8.03. The van der Waals surface area contributed by atoms with Crippen LogP contribution in [0.4, 0.5) is 10.8 Å². The largest absolute Gasteiger partial charge is 0.305 e. The molecule has 156 valence electrons. The maximum Gasteiger partial charge on any atom is 0.268 e. The van der Waals surface area contributed by atoms with E-state index in [1.165, 1.54) is 16.9 Å². The first kappa shape index (κ1) is 18.9. The van der Waals surface area contributed by atoms with Crippen LogP contribution in [0.25, 0.3) is 10.2 Å². The molecule has 0 bridgehead atoms. The second kappa shape index (κ2) is 6.83. The number of anilines is 2. The molecule has 3 amide bonds. The van der Waals surface area contributed by atoms with Gasteiger partial charge in [0, 0.05) is 17.3 Å². The van der Waals surface area contributed by atoms with Crippen LogP contribution in [0.5, 0.6) is 0 Å². The SMILES string of the molecule is C[C@H]1Cc2ccccc2N1C(=O)c1ccc2nc(N3C(=O)c4ccccc4C3=O)sc2c1. The minimum Gasteiger partial charge on any atom is -0.305 e. The summed E-state index contributed by atoms with van der Waals surface area (Å²) in [6, 6.07) is 20.1. The Kier molecular flexibility index (Phi) is 4.03. The van der Waals surface area contributed by atoms with Gasteiger partial charge < -0.3 is 4.90 Å². The summed E-state index contributed by atoms with van der Waals surface area (Å²) >= 11 is 1.24. The summed E-state index contributed by atoms with van der Waals surface area (Å²) < 4.78 is 0.752. The Labute approximate surface area is 187 Å². The van der Waals surface area contributed by atoms with Crippen LogP contribution in [0, 0.1) is 0 Å². The number of carbonyl (C=O) groups is 3. The highest BCUT2D eigenvalue weighted by Crippen LogP contribution is 2.36. The molecule has 6 rings (SSSR count). The van der Waals surface area contributed by atoms with Crippen LogP contribution in [0.1, 0.15) is 43.6 Å². The fourth-order valence-electron chi connectivity index (χ4n) is 4.52. The fourth-order valence-corrected chi connectivity index (χ4v) is 5.52. The standard InChI is InChI=1S/C25H17N3O3S/c1-14-12-15-6-2-5-9-20(15)27(14)22(29)16-10-11-19-21(13-16)32-25(26-19)28-23(30)17-7-3-4-8-18(17)24(28)31/h2-11,13-14H,12H2,1H3/t14-/m0/s1. The van der Waals surface area contributed by atoms with Gasteiger partial charge in [0.2, 0.25) is 5.13 Å². The van der Waals surface area contributed by atoms with Crippen molar-refractivity contribution in [3.63, 3.8) is 0 Å². The molecule has 4 aromatic rings. The van der Waals surface area contributed by atoms with Crippen molar-refractivity contribution in [3.05, 3.63) is 89.0 Å². The maximum atomic E-state index is 13.4. The lowest BCUT2D eigenvalue weighted by Crippen LogP contribution is -2.35. The Bertz CT molecular complexity index is 1420. The van der Waals surface area contributed by atoms with Crippen LogP contribution in [0.2, 0.25) is 0 Å². The molecule has 3 aromatic carbocycles. The number of imide groups is 1. The van der Waals surface area contributed by atoms with Crippen molar-refractivity contribution < 1.29 is 14.4 Å². The van der Waals surface area contributed by atoms with E-state index in [0.29, 0.717) is 27.3 Å². The molecule has 32 heavy (non-hydrogen) atoms. The van der Waals surface area contributed by atoms with E-state index < -0.39 is 0 Å². The average Bonchev–Trinajstić information content (AvgIpc) is 3.44. The van der Waals surface area contributed by atoms with E-state index in [9.17, 15) is 14.4 Å². The van der Waals surface area contributed by atoms with E-state index in [0.717, 1.165) is 21.7 Å². The predicted octanol–water partition coefficient (Wildman–Crippen LogP) is 4.69. The Morgan fingerprint density at radius 1 is 0.969 bits per heavy atom. The molecule has 0 N–H and O–H groups in total. The quantitative estimate of drug-likeness (QED) is 0.425. The summed E-state index contributed by atoms with van der Waals surface area (Å²) in [6.45, 7) is 2.05. The molecular formula is C25H17N3O3S. The predicted molar refractivity (Wildman–Crippen MR) is 124 cm³/mol. The molecule has 6 nitrogen and oxygen atoms in total. The summed E-state index contributed by atoms with van der Waals surface area (Å²) in [6.07, 6.45) is 0.828. The topological polar surface area (TPSA) is 70.6 Å². The van der Waals surface area contributed by atoms with Crippen molar-refractivity contribution in [2.45, 2.75) is 19.4 Å². The summed E-state index contributed by atoms with van der Waals surface area (Å²) in [5, 5.41) is 0.315. The van der Waals surface area contributed by atoms with E-state index >= 15 is 0 Å². The first-order valence-corrected chi connectivity index (χ1v) is 11.1. The number of thiazole rings is 1. The van der Waals surface area contributed by atoms with Crippen LogP contribution >= 0.6 is 11.3 Å². The van der Waals surface area contributed by atoms with Gasteiger partial charge in [-0.15, -0.1) is 0 Å². The van der Waals surface area contributed by atoms with Gasteiger partial charge in [-0.05, 0) is 55.3 Å². The van der Waals surface area contributed by atoms with Crippen molar-refractivity contribution >= 4 is 50.1 Å². The van der Waals surface area contributed by atoms with Crippen LogP contribution in [-0.2, 0) is 6.42 Å². The van der Waals surface area contributed by atoms with E-state index in [-0.39, 0.29) is 23.8 Å².